The predicted octanol–water partition coefficient (Wildman–Crippen LogP) is 4.92. The molecule has 0 aliphatic rings. The van der Waals surface area contributed by atoms with Crippen molar-refractivity contribution < 1.29 is 22.4 Å². The Morgan fingerprint density at radius 3 is 2.00 bits per heavy atom. The van der Waals surface area contributed by atoms with Crippen LogP contribution in [0.4, 0.5) is 10.1 Å². The lowest BCUT2D eigenvalue weighted by atomic mass is 10.1. The molecule has 39 heavy (non-hydrogen) atoms. The van der Waals surface area contributed by atoms with E-state index in [2.05, 4.69) is 5.32 Å². The van der Waals surface area contributed by atoms with Gasteiger partial charge in [-0.2, -0.15) is 0 Å². The maximum absolute atomic E-state index is 13.9. The minimum Gasteiger partial charge on any atom is -0.350 e. The molecule has 0 saturated heterocycles. The summed E-state index contributed by atoms with van der Waals surface area (Å²) in [6.45, 7) is 8.54. The van der Waals surface area contributed by atoms with Crippen LogP contribution in [0.25, 0.3) is 0 Å². The number of hydrogen-bond acceptors (Lipinski definition) is 4. The molecule has 0 radical (unpaired) electrons. The highest BCUT2D eigenvalue weighted by Crippen LogP contribution is 2.25. The third-order valence-electron chi connectivity index (χ3n) is 6.17. The number of anilines is 1. The van der Waals surface area contributed by atoms with Gasteiger partial charge in [0.2, 0.25) is 11.8 Å². The van der Waals surface area contributed by atoms with Gasteiger partial charge in [0.15, 0.2) is 0 Å². The van der Waals surface area contributed by atoms with Crippen LogP contribution in [0.15, 0.2) is 83.8 Å². The Morgan fingerprint density at radius 1 is 0.897 bits per heavy atom. The van der Waals surface area contributed by atoms with Gasteiger partial charge in [-0.25, -0.2) is 12.8 Å². The van der Waals surface area contributed by atoms with Gasteiger partial charge < -0.3 is 10.2 Å². The summed E-state index contributed by atoms with van der Waals surface area (Å²) >= 11 is 0. The summed E-state index contributed by atoms with van der Waals surface area (Å²) in [7, 11) is -4.12. The molecule has 1 atom stereocenters. The van der Waals surface area contributed by atoms with Crippen LogP contribution >= 0.6 is 0 Å². The van der Waals surface area contributed by atoms with E-state index in [9.17, 15) is 22.4 Å². The van der Waals surface area contributed by atoms with Gasteiger partial charge in [-0.1, -0.05) is 49.4 Å². The minimum absolute atomic E-state index is 0.00810. The first-order valence-corrected chi connectivity index (χ1v) is 14.3. The Labute approximate surface area is 230 Å². The molecule has 3 aromatic rings. The normalized spacial score (nSPS) is 12.5. The van der Waals surface area contributed by atoms with E-state index in [4.69, 9.17) is 0 Å². The average Bonchev–Trinajstić information content (AvgIpc) is 2.90. The second kappa shape index (κ2) is 12.4. The van der Waals surface area contributed by atoms with Crippen molar-refractivity contribution in [1.82, 2.24) is 10.2 Å². The quantitative estimate of drug-likeness (QED) is 0.386. The molecular weight excluding hydrogens is 517 g/mol. The lowest BCUT2D eigenvalue weighted by Crippen LogP contribution is -2.54. The smallest absolute Gasteiger partial charge is 0.264 e. The second-order valence-corrected chi connectivity index (χ2v) is 12.3. The molecule has 0 fully saturated rings. The maximum Gasteiger partial charge on any atom is 0.264 e. The molecule has 2 amide bonds. The minimum atomic E-state index is -4.12. The van der Waals surface area contributed by atoms with E-state index in [0.29, 0.717) is 11.3 Å². The molecule has 1 N–H and O–H groups in total. The highest BCUT2D eigenvalue weighted by Gasteiger charge is 2.33. The number of carbonyl (C=O) groups is 2. The van der Waals surface area contributed by atoms with Crippen LogP contribution in [0.1, 0.15) is 45.7 Å². The summed E-state index contributed by atoms with van der Waals surface area (Å²) in [5.41, 5.74) is 1.41. The molecule has 7 nitrogen and oxygen atoms in total. The number of sulfonamides is 1. The number of carbonyl (C=O) groups excluding carboxylic acids is 2. The Kier molecular flexibility index (Phi) is 9.50. The van der Waals surface area contributed by atoms with Crippen molar-refractivity contribution >= 4 is 27.5 Å². The van der Waals surface area contributed by atoms with Crippen LogP contribution in [0, 0.1) is 5.82 Å². The van der Waals surface area contributed by atoms with Gasteiger partial charge in [0.25, 0.3) is 10.0 Å². The summed E-state index contributed by atoms with van der Waals surface area (Å²) in [5, 5.41) is 2.88. The Balaban J connectivity index is 2.02. The van der Waals surface area contributed by atoms with Gasteiger partial charge in [-0.05, 0) is 81.6 Å². The second-order valence-electron chi connectivity index (χ2n) is 10.4. The molecule has 0 bridgehead atoms. The Bertz CT molecular complexity index is 1370. The fourth-order valence-corrected chi connectivity index (χ4v) is 5.42. The number of hydrogen-bond donors (Lipinski definition) is 1. The van der Waals surface area contributed by atoms with Crippen molar-refractivity contribution in [3.05, 3.63) is 95.8 Å². The molecule has 3 rings (SSSR count). The van der Waals surface area contributed by atoms with Gasteiger partial charge in [-0.15, -0.1) is 0 Å². The van der Waals surface area contributed by atoms with Crippen LogP contribution in [0.2, 0.25) is 0 Å². The number of benzene rings is 3. The molecule has 0 unspecified atom stereocenters. The standard InChI is InChI=1S/C30H36FN3O4S/c1-6-23-14-18-26(19-15-23)34(39(37,38)27-10-8-7-9-11-27)21-28(35)33(20-24-12-16-25(31)17-13-24)22(2)29(36)32-30(3,4)5/h7-19,22H,6,20-21H2,1-5H3,(H,32,36)/t22-/m0/s1. The number of nitrogens with one attached hydrogen (secondary N) is 1. The molecule has 0 aromatic heterocycles. The average molecular weight is 554 g/mol. The molecule has 0 spiro atoms. The zero-order valence-corrected chi connectivity index (χ0v) is 23.8. The van der Waals surface area contributed by atoms with Gasteiger partial charge in [-0.3, -0.25) is 13.9 Å². The van der Waals surface area contributed by atoms with E-state index in [-0.39, 0.29) is 17.3 Å². The van der Waals surface area contributed by atoms with Crippen LogP contribution in [-0.4, -0.2) is 43.3 Å². The van der Waals surface area contributed by atoms with Crippen molar-refractivity contribution in [2.75, 3.05) is 10.8 Å². The maximum atomic E-state index is 13.9. The molecule has 0 saturated carbocycles. The Hall–Kier alpha value is -3.72. The fourth-order valence-electron chi connectivity index (χ4n) is 3.99. The van der Waals surface area contributed by atoms with E-state index in [0.717, 1.165) is 16.3 Å². The number of halogens is 1. The Morgan fingerprint density at radius 2 is 1.46 bits per heavy atom. The summed E-state index contributed by atoms with van der Waals surface area (Å²) in [5.74, 6) is -1.39. The molecule has 208 valence electrons. The first-order chi connectivity index (χ1) is 18.3. The molecule has 3 aromatic carbocycles. The zero-order valence-electron chi connectivity index (χ0n) is 23.0. The molecular formula is C30H36FN3O4S. The predicted molar refractivity (Wildman–Crippen MR) is 151 cm³/mol. The van der Waals surface area contributed by atoms with Crippen LogP contribution in [-0.2, 0) is 32.6 Å². The van der Waals surface area contributed by atoms with E-state index < -0.39 is 39.9 Å². The number of amides is 2. The van der Waals surface area contributed by atoms with E-state index in [1.165, 1.54) is 41.3 Å². The molecule has 9 heteroatoms. The van der Waals surface area contributed by atoms with Gasteiger partial charge >= 0.3 is 0 Å². The van der Waals surface area contributed by atoms with Crippen LogP contribution in [0.3, 0.4) is 0 Å². The lowest BCUT2D eigenvalue weighted by Gasteiger charge is -2.33. The summed E-state index contributed by atoms with van der Waals surface area (Å²) in [4.78, 5) is 28.3. The van der Waals surface area contributed by atoms with Crippen LogP contribution in [0.5, 0.6) is 0 Å². The lowest BCUT2D eigenvalue weighted by molar-refractivity contribution is -0.140. The molecule has 0 aliphatic carbocycles. The van der Waals surface area contributed by atoms with Crippen molar-refractivity contribution in [2.24, 2.45) is 0 Å². The summed E-state index contributed by atoms with van der Waals surface area (Å²) < 4.78 is 42.1. The highest BCUT2D eigenvalue weighted by atomic mass is 32.2. The third-order valence-corrected chi connectivity index (χ3v) is 7.96. The van der Waals surface area contributed by atoms with Crippen molar-refractivity contribution in [3.8, 4) is 0 Å². The van der Waals surface area contributed by atoms with Gasteiger partial charge in [0, 0.05) is 12.1 Å². The molecule has 0 heterocycles. The number of aryl methyl sites for hydroxylation is 1. The van der Waals surface area contributed by atoms with Crippen LogP contribution < -0.4 is 9.62 Å². The molecule has 0 aliphatic heterocycles. The summed E-state index contributed by atoms with van der Waals surface area (Å²) in [6.07, 6.45) is 0.774. The topological polar surface area (TPSA) is 86.8 Å². The highest BCUT2D eigenvalue weighted by molar-refractivity contribution is 7.92. The SMILES string of the molecule is CCc1ccc(N(CC(=O)N(Cc2ccc(F)cc2)[C@@H](C)C(=O)NC(C)(C)C)S(=O)(=O)c2ccccc2)cc1. The number of rotatable bonds is 10. The van der Waals surface area contributed by atoms with Gasteiger partial charge in [0.1, 0.15) is 18.4 Å². The first kappa shape index (κ1) is 29.8. The largest absolute Gasteiger partial charge is 0.350 e. The number of nitrogens with zero attached hydrogens (tertiary/aromatic N) is 2. The zero-order chi connectivity index (χ0) is 28.8. The van der Waals surface area contributed by atoms with E-state index in [1.54, 1.807) is 37.3 Å². The third kappa shape index (κ3) is 7.89. The monoisotopic (exact) mass is 553 g/mol. The summed E-state index contributed by atoms with van der Waals surface area (Å²) in [6, 6.07) is 19.6. The van der Waals surface area contributed by atoms with Crippen molar-refractivity contribution in [3.63, 3.8) is 0 Å². The van der Waals surface area contributed by atoms with E-state index >= 15 is 0 Å². The fraction of sp³-hybridized carbons (Fsp3) is 0.333. The van der Waals surface area contributed by atoms with Crippen molar-refractivity contribution in [1.29, 1.82) is 0 Å². The van der Waals surface area contributed by atoms with E-state index in [1.807, 2.05) is 39.8 Å². The van der Waals surface area contributed by atoms with Crippen molar-refractivity contribution in [2.45, 2.75) is 64.1 Å². The first-order valence-electron chi connectivity index (χ1n) is 12.8. The van der Waals surface area contributed by atoms with Gasteiger partial charge in [0.05, 0.1) is 10.6 Å².